The van der Waals surface area contributed by atoms with Crippen LogP contribution in [0, 0.1) is 0 Å². The number of hydrogen-bond acceptors (Lipinski definition) is 2. The number of nitrogens with zero attached hydrogens (tertiary/aromatic N) is 2. The van der Waals surface area contributed by atoms with Crippen molar-refractivity contribution >= 4 is 12.1 Å². The third-order valence-corrected chi connectivity index (χ3v) is 3.69. The van der Waals surface area contributed by atoms with Crippen molar-refractivity contribution in [3.05, 3.63) is 71.0 Å². The lowest BCUT2D eigenvalue weighted by Gasteiger charge is -2.14. The molecule has 1 N–H and O–H groups in total. The van der Waals surface area contributed by atoms with Crippen molar-refractivity contribution in [2.75, 3.05) is 5.32 Å². The second-order valence-corrected chi connectivity index (χ2v) is 5.02. The molecular formula is C18H17N3O2. The van der Waals surface area contributed by atoms with Gasteiger partial charge < -0.3 is 5.32 Å². The minimum Gasteiger partial charge on any atom is -0.322 e. The molecule has 0 saturated heterocycles. The Labute approximate surface area is 133 Å². The SMILES string of the molecule is CCn1c(=O)c(NC=O)c(-c2ccccc2)n1-c1ccccc1. The molecule has 0 unspecified atom stereocenters. The second-order valence-electron chi connectivity index (χ2n) is 5.02. The number of carbonyl (C=O) groups is 1. The highest BCUT2D eigenvalue weighted by Gasteiger charge is 2.21. The normalized spacial score (nSPS) is 10.5. The number of benzene rings is 2. The van der Waals surface area contributed by atoms with Crippen LogP contribution < -0.4 is 10.9 Å². The zero-order chi connectivity index (χ0) is 16.2. The molecule has 0 aliphatic carbocycles. The van der Waals surface area contributed by atoms with E-state index in [-0.39, 0.29) is 11.2 Å². The number of para-hydroxylation sites is 1. The van der Waals surface area contributed by atoms with E-state index in [1.807, 2.05) is 72.3 Å². The van der Waals surface area contributed by atoms with E-state index in [0.717, 1.165) is 11.3 Å². The van der Waals surface area contributed by atoms with Gasteiger partial charge in [-0.15, -0.1) is 0 Å². The van der Waals surface area contributed by atoms with Crippen LogP contribution in [-0.2, 0) is 11.3 Å². The fourth-order valence-corrected chi connectivity index (χ4v) is 2.72. The average molecular weight is 307 g/mol. The molecular weight excluding hydrogens is 290 g/mol. The van der Waals surface area contributed by atoms with Gasteiger partial charge in [-0.25, -0.2) is 9.36 Å². The van der Waals surface area contributed by atoms with Crippen LogP contribution >= 0.6 is 0 Å². The van der Waals surface area contributed by atoms with Crippen molar-refractivity contribution in [1.82, 2.24) is 9.36 Å². The van der Waals surface area contributed by atoms with Gasteiger partial charge in [0.1, 0.15) is 5.69 Å². The third-order valence-electron chi connectivity index (χ3n) is 3.69. The first-order valence-corrected chi connectivity index (χ1v) is 7.44. The maximum Gasteiger partial charge on any atom is 0.291 e. The van der Waals surface area contributed by atoms with Gasteiger partial charge in [0.25, 0.3) is 5.56 Å². The number of rotatable bonds is 5. The summed E-state index contributed by atoms with van der Waals surface area (Å²) in [6, 6.07) is 19.2. The molecule has 1 heterocycles. The van der Waals surface area contributed by atoms with Gasteiger partial charge in [-0.1, -0.05) is 48.5 Å². The molecule has 116 valence electrons. The second kappa shape index (κ2) is 6.36. The van der Waals surface area contributed by atoms with E-state index in [4.69, 9.17) is 0 Å². The molecule has 2 aromatic carbocycles. The van der Waals surface area contributed by atoms with Crippen LogP contribution in [0.25, 0.3) is 16.9 Å². The van der Waals surface area contributed by atoms with Crippen LogP contribution in [0.3, 0.4) is 0 Å². The first-order chi connectivity index (χ1) is 11.3. The molecule has 0 spiro atoms. The Morgan fingerprint density at radius 1 is 1.00 bits per heavy atom. The number of anilines is 1. The molecule has 5 nitrogen and oxygen atoms in total. The highest BCUT2D eigenvalue weighted by Crippen LogP contribution is 2.28. The third kappa shape index (κ3) is 2.57. The summed E-state index contributed by atoms with van der Waals surface area (Å²) in [4.78, 5) is 23.7. The number of amides is 1. The molecule has 0 radical (unpaired) electrons. The van der Waals surface area contributed by atoms with E-state index in [9.17, 15) is 9.59 Å². The lowest BCUT2D eigenvalue weighted by Crippen LogP contribution is -2.22. The fraction of sp³-hybridized carbons (Fsp3) is 0.111. The molecule has 0 aliphatic heterocycles. The largest absolute Gasteiger partial charge is 0.322 e. The zero-order valence-electron chi connectivity index (χ0n) is 12.8. The van der Waals surface area contributed by atoms with E-state index in [0.29, 0.717) is 18.6 Å². The summed E-state index contributed by atoms with van der Waals surface area (Å²) < 4.78 is 3.47. The molecule has 5 heteroatoms. The van der Waals surface area contributed by atoms with Crippen molar-refractivity contribution < 1.29 is 4.79 Å². The highest BCUT2D eigenvalue weighted by atomic mass is 16.1. The predicted molar refractivity (Wildman–Crippen MR) is 90.8 cm³/mol. The van der Waals surface area contributed by atoms with Crippen molar-refractivity contribution in [2.45, 2.75) is 13.5 Å². The van der Waals surface area contributed by atoms with E-state index in [1.54, 1.807) is 4.68 Å². The lowest BCUT2D eigenvalue weighted by molar-refractivity contribution is -0.105. The maximum atomic E-state index is 12.7. The minimum absolute atomic E-state index is 0.220. The number of carbonyl (C=O) groups excluding carboxylic acids is 1. The van der Waals surface area contributed by atoms with Crippen LogP contribution in [0.4, 0.5) is 5.69 Å². The summed E-state index contributed by atoms with van der Waals surface area (Å²) in [6.45, 7) is 2.40. The molecule has 23 heavy (non-hydrogen) atoms. The first-order valence-electron chi connectivity index (χ1n) is 7.44. The zero-order valence-corrected chi connectivity index (χ0v) is 12.8. The Hall–Kier alpha value is -3.08. The van der Waals surface area contributed by atoms with Crippen LogP contribution in [0.1, 0.15) is 6.92 Å². The van der Waals surface area contributed by atoms with E-state index >= 15 is 0 Å². The van der Waals surface area contributed by atoms with Crippen molar-refractivity contribution in [3.63, 3.8) is 0 Å². The van der Waals surface area contributed by atoms with Gasteiger partial charge in [-0.05, 0) is 19.1 Å². The molecule has 3 rings (SSSR count). The van der Waals surface area contributed by atoms with Crippen LogP contribution in [0.5, 0.6) is 0 Å². The Balaban J connectivity index is 2.39. The van der Waals surface area contributed by atoms with Gasteiger partial charge >= 0.3 is 0 Å². The highest BCUT2D eigenvalue weighted by molar-refractivity contribution is 5.83. The average Bonchev–Trinajstić information content (AvgIpc) is 2.89. The lowest BCUT2D eigenvalue weighted by atomic mass is 10.1. The molecule has 1 amide bonds. The Morgan fingerprint density at radius 3 is 2.17 bits per heavy atom. The van der Waals surface area contributed by atoms with E-state index < -0.39 is 0 Å². The van der Waals surface area contributed by atoms with Crippen LogP contribution in [0.15, 0.2) is 65.5 Å². The minimum atomic E-state index is -0.220. The van der Waals surface area contributed by atoms with Gasteiger partial charge in [0.15, 0.2) is 0 Å². The van der Waals surface area contributed by atoms with Crippen molar-refractivity contribution in [3.8, 4) is 16.9 Å². The van der Waals surface area contributed by atoms with Gasteiger partial charge in [-0.2, -0.15) is 0 Å². The molecule has 3 aromatic rings. The van der Waals surface area contributed by atoms with Gasteiger partial charge in [0, 0.05) is 12.1 Å². The van der Waals surface area contributed by atoms with Gasteiger partial charge in [0.05, 0.1) is 11.4 Å². The Kier molecular flexibility index (Phi) is 4.10. The molecule has 0 aliphatic rings. The smallest absolute Gasteiger partial charge is 0.291 e. The molecule has 1 aromatic heterocycles. The molecule has 0 atom stereocenters. The quantitative estimate of drug-likeness (QED) is 0.737. The molecule has 0 fully saturated rings. The Morgan fingerprint density at radius 2 is 1.61 bits per heavy atom. The summed E-state index contributed by atoms with van der Waals surface area (Å²) in [5, 5.41) is 2.57. The molecule has 0 saturated carbocycles. The van der Waals surface area contributed by atoms with Gasteiger partial charge in [-0.3, -0.25) is 9.59 Å². The van der Waals surface area contributed by atoms with Crippen LogP contribution in [0.2, 0.25) is 0 Å². The first kappa shape index (κ1) is 14.8. The summed E-state index contributed by atoms with van der Waals surface area (Å²) in [7, 11) is 0. The summed E-state index contributed by atoms with van der Waals surface area (Å²) in [5.41, 5.74) is 2.48. The topological polar surface area (TPSA) is 56.0 Å². The summed E-state index contributed by atoms with van der Waals surface area (Å²) >= 11 is 0. The Bertz CT molecular complexity index is 865. The fourth-order valence-electron chi connectivity index (χ4n) is 2.72. The number of nitrogens with one attached hydrogen (secondary N) is 1. The van der Waals surface area contributed by atoms with E-state index in [1.165, 1.54) is 0 Å². The summed E-state index contributed by atoms with van der Waals surface area (Å²) in [5.74, 6) is 0. The monoisotopic (exact) mass is 307 g/mol. The predicted octanol–water partition coefficient (Wildman–Crippen LogP) is 2.89. The molecule has 0 bridgehead atoms. The standard InChI is InChI=1S/C18H17N3O2/c1-2-20-18(23)16(19-13-22)17(14-9-5-3-6-10-14)21(20)15-11-7-4-8-12-15/h3-13H,2H2,1H3,(H,19,22). The van der Waals surface area contributed by atoms with Gasteiger partial charge in [0.2, 0.25) is 6.41 Å². The maximum absolute atomic E-state index is 12.7. The summed E-state index contributed by atoms with van der Waals surface area (Å²) in [6.07, 6.45) is 0.540. The van der Waals surface area contributed by atoms with E-state index in [2.05, 4.69) is 5.32 Å². The van der Waals surface area contributed by atoms with Crippen molar-refractivity contribution in [2.24, 2.45) is 0 Å². The number of hydrogen-bond donors (Lipinski definition) is 1. The van der Waals surface area contributed by atoms with Crippen LogP contribution in [-0.4, -0.2) is 15.8 Å². The number of aromatic nitrogens is 2. The van der Waals surface area contributed by atoms with Crippen molar-refractivity contribution in [1.29, 1.82) is 0 Å².